The number of carbonyl (C=O) groups is 2. The normalized spacial score (nSPS) is 16.8. The summed E-state index contributed by atoms with van der Waals surface area (Å²) in [6.45, 7) is 3.35. The molecule has 0 saturated carbocycles. The van der Waals surface area contributed by atoms with Crippen LogP contribution in [0.4, 0.5) is 13.2 Å². The number of nitrogens with two attached hydrogens (primary N) is 1. The summed E-state index contributed by atoms with van der Waals surface area (Å²) in [7, 11) is 0. The second-order valence-electron chi connectivity index (χ2n) is 6.20. The van der Waals surface area contributed by atoms with Crippen molar-refractivity contribution in [3.8, 4) is 0 Å². The van der Waals surface area contributed by atoms with E-state index in [1.165, 1.54) is 4.68 Å². The predicted molar refractivity (Wildman–Crippen MR) is 83.3 cm³/mol. The number of aromatic nitrogens is 2. The molecule has 10 heteroatoms. The van der Waals surface area contributed by atoms with Gasteiger partial charge in [0.2, 0.25) is 11.8 Å². The number of rotatable bonds is 6. The molecule has 0 aliphatic carbocycles. The number of halogens is 3. The minimum absolute atomic E-state index is 0.125. The maximum Gasteiger partial charge on any atom is 0.435 e. The SMILES string of the molecule is Cc1cc(C(F)(F)F)nn1CCNC(=O)C1CCN(CC(N)=O)CC1. The molecule has 2 amide bonds. The topological polar surface area (TPSA) is 93.2 Å². The first-order valence-electron chi connectivity index (χ1n) is 8.07. The molecule has 1 aliphatic rings. The molecule has 1 aromatic rings. The Kier molecular flexibility index (Phi) is 6.04. The minimum atomic E-state index is -4.47. The summed E-state index contributed by atoms with van der Waals surface area (Å²) in [5, 5.41) is 6.26. The van der Waals surface area contributed by atoms with E-state index in [0.717, 1.165) is 6.07 Å². The molecule has 3 N–H and O–H groups in total. The highest BCUT2D eigenvalue weighted by Gasteiger charge is 2.34. The first kappa shape index (κ1) is 19.2. The van der Waals surface area contributed by atoms with E-state index in [1.807, 2.05) is 4.90 Å². The number of likely N-dealkylation sites (tertiary alicyclic amines) is 1. The number of aryl methyl sites for hydroxylation is 1. The molecule has 2 rings (SSSR count). The number of nitrogens with zero attached hydrogens (tertiary/aromatic N) is 3. The molecule has 1 fully saturated rings. The smallest absolute Gasteiger partial charge is 0.369 e. The Hall–Kier alpha value is -2.10. The number of alkyl halides is 3. The maximum atomic E-state index is 12.6. The quantitative estimate of drug-likeness (QED) is 0.773. The second kappa shape index (κ2) is 7.85. The average Bonchev–Trinajstić information content (AvgIpc) is 2.89. The molecule has 0 radical (unpaired) electrons. The molecule has 0 unspecified atom stereocenters. The van der Waals surface area contributed by atoms with Gasteiger partial charge < -0.3 is 11.1 Å². The van der Waals surface area contributed by atoms with Gasteiger partial charge in [0.1, 0.15) is 0 Å². The number of hydrogen-bond acceptors (Lipinski definition) is 4. The van der Waals surface area contributed by atoms with E-state index in [9.17, 15) is 22.8 Å². The maximum absolute atomic E-state index is 12.6. The number of nitrogens with one attached hydrogen (secondary N) is 1. The van der Waals surface area contributed by atoms with Crippen molar-refractivity contribution in [3.63, 3.8) is 0 Å². The van der Waals surface area contributed by atoms with E-state index in [1.54, 1.807) is 6.92 Å². The van der Waals surface area contributed by atoms with E-state index in [4.69, 9.17) is 5.73 Å². The molecule has 7 nitrogen and oxygen atoms in total. The van der Waals surface area contributed by atoms with Crippen molar-refractivity contribution >= 4 is 11.8 Å². The van der Waals surface area contributed by atoms with Crippen molar-refractivity contribution in [1.82, 2.24) is 20.0 Å². The molecule has 0 atom stereocenters. The fourth-order valence-corrected chi connectivity index (χ4v) is 2.88. The molecule has 1 saturated heterocycles. The van der Waals surface area contributed by atoms with E-state index >= 15 is 0 Å². The first-order valence-corrected chi connectivity index (χ1v) is 8.07. The van der Waals surface area contributed by atoms with Gasteiger partial charge in [-0.25, -0.2) is 0 Å². The van der Waals surface area contributed by atoms with Crippen LogP contribution in [-0.2, 0) is 22.3 Å². The van der Waals surface area contributed by atoms with Crippen LogP contribution in [0.1, 0.15) is 24.2 Å². The zero-order chi connectivity index (χ0) is 18.6. The lowest BCUT2D eigenvalue weighted by molar-refractivity contribution is -0.141. The highest BCUT2D eigenvalue weighted by atomic mass is 19.4. The Balaban J connectivity index is 1.76. The molecular formula is C15H22F3N5O2. The summed E-state index contributed by atoms with van der Waals surface area (Å²) >= 11 is 0. The monoisotopic (exact) mass is 361 g/mol. The van der Waals surface area contributed by atoms with E-state index in [-0.39, 0.29) is 31.5 Å². The van der Waals surface area contributed by atoms with Gasteiger partial charge in [0.25, 0.3) is 0 Å². The van der Waals surface area contributed by atoms with E-state index in [0.29, 0.717) is 31.6 Å². The van der Waals surface area contributed by atoms with Gasteiger partial charge in [-0.2, -0.15) is 18.3 Å². The molecule has 0 bridgehead atoms. The van der Waals surface area contributed by atoms with Crippen LogP contribution in [0, 0.1) is 12.8 Å². The number of piperidine rings is 1. The average molecular weight is 361 g/mol. The van der Waals surface area contributed by atoms with Crippen molar-refractivity contribution in [2.45, 2.75) is 32.5 Å². The summed E-state index contributed by atoms with van der Waals surface area (Å²) in [6, 6.07) is 0.982. The first-order chi connectivity index (χ1) is 11.7. The molecule has 2 heterocycles. The number of primary amides is 1. The van der Waals surface area contributed by atoms with Crippen molar-refractivity contribution in [3.05, 3.63) is 17.5 Å². The summed E-state index contributed by atoms with van der Waals surface area (Å²) in [6.07, 6.45) is -3.23. The van der Waals surface area contributed by atoms with Gasteiger partial charge in [-0.3, -0.25) is 19.2 Å². The number of hydrogen-bond donors (Lipinski definition) is 2. The van der Waals surface area contributed by atoms with Crippen molar-refractivity contribution in [2.75, 3.05) is 26.2 Å². The Morgan fingerprint density at radius 2 is 2.00 bits per heavy atom. The Morgan fingerprint density at radius 1 is 1.36 bits per heavy atom. The fraction of sp³-hybridized carbons (Fsp3) is 0.667. The van der Waals surface area contributed by atoms with Crippen molar-refractivity contribution in [2.24, 2.45) is 11.7 Å². The molecule has 25 heavy (non-hydrogen) atoms. The predicted octanol–water partition coefficient (Wildman–Crippen LogP) is 0.524. The molecular weight excluding hydrogens is 339 g/mol. The summed E-state index contributed by atoms with van der Waals surface area (Å²) < 4.78 is 39.1. The van der Waals surface area contributed by atoms with Gasteiger partial charge in [0.05, 0.1) is 13.1 Å². The Labute approximate surface area is 143 Å². The Morgan fingerprint density at radius 3 is 2.52 bits per heavy atom. The van der Waals surface area contributed by atoms with Gasteiger partial charge in [0.15, 0.2) is 5.69 Å². The molecule has 1 aromatic heterocycles. The van der Waals surface area contributed by atoms with Gasteiger partial charge in [-0.05, 0) is 38.9 Å². The summed E-state index contributed by atoms with van der Waals surface area (Å²) in [5.41, 5.74) is 4.60. The zero-order valence-corrected chi connectivity index (χ0v) is 14.0. The van der Waals surface area contributed by atoms with Crippen LogP contribution in [0.15, 0.2) is 6.07 Å². The van der Waals surface area contributed by atoms with E-state index < -0.39 is 17.8 Å². The second-order valence-corrected chi connectivity index (χ2v) is 6.20. The van der Waals surface area contributed by atoms with Crippen LogP contribution in [-0.4, -0.2) is 52.7 Å². The van der Waals surface area contributed by atoms with Gasteiger partial charge >= 0.3 is 6.18 Å². The van der Waals surface area contributed by atoms with Crippen LogP contribution in [0.5, 0.6) is 0 Å². The third-order valence-corrected chi connectivity index (χ3v) is 4.23. The fourth-order valence-electron chi connectivity index (χ4n) is 2.88. The molecule has 0 spiro atoms. The summed E-state index contributed by atoms with van der Waals surface area (Å²) in [5.74, 6) is -0.677. The molecule has 1 aliphatic heterocycles. The van der Waals surface area contributed by atoms with Crippen LogP contribution in [0.3, 0.4) is 0 Å². The lowest BCUT2D eigenvalue weighted by Gasteiger charge is -2.30. The van der Waals surface area contributed by atoms with Gasteiger partial charge in [0, 0.05) is 18.2 Å². The highest BCUT2D eigenvalue weighted by molar-refractivity contribution is 5.79. The Bertz CT molecular complexity index is 621. The van der Waals surface area contributed by atoms with Crippen molar-refractivity contribution in [1.29, 1.82) is 0 Å². The minimum Gasteiger partial charge on any atom is -0.369 e. The largest absolute Gasteiger partial charge is 0.435 e. The lowest BCUT2D eigenvalue weighted by Crippen LogP contribution is -2.43. The molecule has 0 aromatic carbocycles. The number of carbonyl (C=O) groups excluding carboxylic acids is 2. The zero-order valence-electron chi connectivity index (χ0n) is 14.0. The van der Waals surface area contributed by atoms with Crippen LogP contribution < -0.4 is 11.1 Å². The van der Waals surface area contributed by atoms with Gasteiger partial charge in [-0.1, -0.05) is 0 Å². The van der Waals surface area contributed by atoms with Crippen LogP contribution in [0.25, 0.3) is 0 Å². The lowest BCUT2D eigenvalue weighted by atomic mass is 9.96. The summed E-state index contributed by atoms with van der Waals surface area (Å²) in [4.78, 5) is 24.9. The van der Waals surface area contributed by atoms with Crippen molar-refractivity contribution < 1.29 is 22.8 Å². The van der Waals surface area contributed by atoms with Crippen LogP contribution >= 0.6 is 0 Å². The van der Waals surface area contributed by atoms with Gasteiger partial charge in [-0.15, -0.1) is 0 Å². The third-order valence-electron chi connectivity index (χ3n) is 4.23. The molecule has 140 valence electrons. The third kappa shape index (κ3) is 5.45. The van der Waals surface area contributed by atoms with E-state index in [2.05, 4.69) is 10.4 Å². The standard InChI is InChI=1S/C15H22F3N5O2/c1-10-8-12(15(16,17)18)21-23(10)7-4-20-14(25)11-2-5-22(6-3-11)9-13(19)24/h8,11H,2-7,9H2,1H3,(H2,19,24)(H,20,25). The number of amides is 2. The van der Waals surface area contributed by atoms with Crippen LogP contribution in [0.2, 0.25) is 0 Å². The highest BCUT2D eigenvalue weighted by Crippen LogP contribution is 2.28.